The number of carbonyl (C=O) groups excluding carboxylic acids is 1. The molecule has 2 rings (SSSR count). The molecule has 20 heavy (non-hydrogen) atoms. The minimum absolute atomic E-state index is 0.264. The van der Waals surface area contributed by atoms with Crippen molar-refractivity contribution in [3.63, 3.8) is 0 Å². The molecule has 1 aromatic carbocycles. The third-order valence-electron chi connectivity index (χ3n) is 3.06. The van der Waals surface area contributed by atoms with Crippen LogP contribution in [0, 0.1) is 20.8 Å². The van der Waals surface area contributed by atoms with Crippen LogP contribution >= 0.6 is 0 Å². The summed E-state index contributed by atoms with van der Waals surface area (Å²) in [6.45, 7) is 7.73. The average Bonchev–Trinajstić information content (AvgIpc) is 2.82. The van der Waals surface area contributed by atoms with Crippen LogP contribution < -0.4 is 5.43 Å². The van der Waals surface area contributed by atoms with Crippen LogP contribution in [0.15, 0.2) is 39.9 Å². The monoisotopic (exact) mass is 270 g/mol. The molecule has 0 fully saturated rings. The van der Waals surface area contributed by atoms with E-state index in [1.807, 2.05) is 32.9 Å². The minimum Gasteiger partial charge on any atom is -0.456 e. The van der Waals surface area contributed by atoms with Crippen molar-refractivity contribution in [2.45, 2.75) is 27.7 Å². The van der Waals surface area contributed by atoms with Gasteiger partial charge in [-0.1, -0.05) is 23.8 Å². The molecule has 2 aromatic rings. The molecule has 0 saturated carbocycles. The topological polar surface area (TPSA) is 54.6 Å². The summed E-state index contributed by atoms with van der Waals surface area (Å²) in [4.78, 5) is 11.8. The van der Waals surface area contributed by atoms with Gasteiger partial charge in [0.2, 0.25) is 0 Å². The smallest absolute Gasteiger partial charge is 0.307 e. The summed E-state index contributed by atoms with van der Waals surface area (Å²) >= 11 is 0. The van der Waals surface area contributed by atoms with Crippen LogP contribution in [0.5, 0.6) is 0 Å². The second-order valence-corrected chi connectivity index (χ2v) is 4.87. The number of aryl methyl sites for hydroxylation is 3. The third kappa shape index (κ3) is 3.15. The summed E-state index contributed by atoms with van der Waals surface area (Å²) in [6, 6.07) is 9.50. The lowest BCUT2D eigenvalue weighted by atomic mass is 10.0. The van der Waals surface area contributed by atoms with Crippen LogP contribution in [0.3, 0.4) is 0 Å². The lowest BCUT2D eigenvalue weighted by Crippen LogP contribution is -2.19. The van der Waals surface area contributed by atoms with Gasteiger partial charge in [-0.25, -0.2) is 5.43 Å². The Balaban J connectivity index is 2.13. The van der Waals surface area contributed by atoms with Crippen LogP contribution in [0.4, 0.5) is 0 Å². The van der Waals surface area contributed by atoms with E-state index in [1.54, 1.807) is 19.1 Å². The first-order valence-electron chi connectivity index (χ1n) is 6.46. The lowest BCUT2D eigenvalue weighted by molar-refractivity contribution is 0.0926. The number of benzene rings is 1. The summed E-state index contributed by atoms with van der Waals surface area (Å²) < 4.78 is 5.24. The molecule has 0 aliphatic rings. The molecule has 1 N–H and O–H groups in total. The number of nitrogens with zero attached hydrogens (tertiary/aromatic N) is 1. The van der Waals surface area contributed by atoms with Crippen LogP contribution in [-0.4, -0.2) is 11.6 Å². The summed E-state index contributed by atoms with van der Waals surface area (Å²) in [5, 5.41) is 4.13. The van der Waals surface area contributed by atoms with Crippen LogP contribution in [-0.2, 0) is 0 Å². The molecule has 0 radical (unpaired) electrons. The van der Waals surface area contributed by atoms with Crippen molar-refractivity contribution in [3.05, 3.63) is 58.5 Å². The molecular weight excluding hydrogens is 252 g/mol. The van der Waals surface area contributed by atoms with Crippen molar-refractivity contribution in [2.75, 3.05) is 0 Å². The van der Waals surface area contributed by atoms with E-state index in [2.05, 4.69) is 16.6 Å². The predicted molar refractivity (Wildman–Crippen MR) is 79.0 cm³/mol. The minimum atomic E-state index is -0.345. The third-order valence-corrected chi connectivity index (χ3v) is 3.06. The molecule has 0 saturated heterocycles. The Kier molecular flexibility index (Phi) is 4.03. The molecule has 0 unspecified atom stereocenters. The molecule has 1 aromatic heterocycles. The van der Waals surface area contributed by atoms with Gasteiger partial charge in [-0.15, -0.1) is 0 Å². The van der Waals surface area contributed by atoms with E-state index in [1.165, 1.54) is 5.56 Å². The maximum atomic E-state index is 11.8. The summed E-state index contributed by atoms with van der Waals surface area (Å²) in [6.07, 6.45) is 0. The maximum absolute atomic E-state index is 11.8. The van der Waals surface area contributed by atoms with Gasteiger partial charge in [0.25, 0.3) is 0 Å². The Morgan fingerprint density at radius 3 is 2.50 bits per heavy atom. The van der Waals surface area contributed by atoms with E-state index in [9.17, 15) is 4.79 Å². The first-order chi connectivity index (χ1) is 9.47. The summed E-state index contributed by atoms with van der Waals surface area (Å²) in [5.41, 5.74) is 6.63. The van der Waals surface area contributed by atoms with Gasteiger partial charge in [0, 0.05) is 5.56 Å². The van der Waals surface area contributed by atoms with Crippen LogP contribution in [0.1, 0.15) is 39.9 Å². The first-order valence-corrected chi connectivity index (χ1v) is 6.46. The van der Waals surface area contributed by atoms with Gasteiger partial charge in [0.05, 0.1) is 5.71 Å². The van der Waals surface area contributed by atoms with Gasteiger partial charge in [-0.2, -0.15) is 5.10 Å². The van der Waals surface area contributed by atoms with Crippen LogP contribution in [0.2, 0.25) is 0 Å². The first kappa shape index (κ1) is 14.1. The second kappa shape index (κ2) is 5.74. The zero-order valence-corrected chi connectivity index (χ0v) is 12.2. The highest BCUT2D eigenvalue weighted by Gasteiger charge is 2.09. The van der Waals surface area contributed by atoms with E-state index < -0.39 is 0 Å². The highest BCUT2D eigenvalue weighted by molar-refractivity contribution is 6.01. The molecule has 1 heterocycles. The van der Waals surface area contributed by atoms with Crippen molar-refractivity contribution in [1.82, 2.24) is 5.43 Å². The molecule has 0 aliphatic heterocycles. The highest BCUT2D eigenvalue weighted by Crippen LogP contribution is 2.11. The van der Waals surface area contributed by atoms with Gasteiger partial charge in [-0.05, 0) is 45.4 Å². The van der Waals surface area contributed by atoms with E-state index in [-0.39, 0.29) is 11.7 Å². The van der Waals surface area contributed by atoms with Crippen molar-refractivity contribution < 1.29 is 9.21 Å². The highest BCUT2D eigenvalue weighted by atomic mass is 16.3. The number of rotatable bonds is 3. The van der Waals surface area contributed by atoms with E-state index in [0.29, 0.717) is 5.76 Å². The normalized spacial score (nSPS) is 11.5. The quantitative estimate of drug-likeness (QED) is 0.686. The molecule has 0 atom stereocenters. The number of furan rings is 1. The number of amides is 1. The molecule has 0 spiro atoms. The second-order valence-electron chi connectivity index (χ2n) is 4.87. The summed E-state index contributed by atoms with van der Waals surface area (Å²) in [5.74, 6) is 0.618. The standard InChI is InChI=1S/C16H18N2O2/c1-10-5-7-14(11(2)9-10)13(4)17-18-16(19)15-8-6-12(3)20-15/h5-9H,1-4H3,(H,18,19)/b17-13+. The zero-order valence-electron chi connectivity index (χ0n) is 12.2. The van der Waals surface area contributed by atoms with E-state index in [4.69, 9.17) is 4.42 Å². The molecule has 104 valence electrons. The average molecular weight is 270 g/mol. The zero-order chi connectivity index (χ0) is 14.7. The Morgan fingerprint density at radius 1 is 1.15 bits per heavy atom. The number of hydrogen-bond acceptors (Lipinski definition) is 3. The predicted octanol–water partition coefficient (Wildman–Crippen LogP) is 3.36. The number of carbonyl (C=O) groups is 1. The fraction of sp³-hybridized carbons (Fsp3) is 0.250. The Morgan fingerprint density at radius 2 is 1.90 bits per heavy atom. The van der Waals surface area contributed by atoms with Gasteiger partial charge in [0.1, 0.15) is 5.76 Å². The fourth-order valence-electron chi connectivity index (χ4n) is 2.03. The SMILES string of the molecule is C/C(=N\NC(=O)c1ccc(C)o1)c1ccc(C)cc1C. The molecule has 4 nitrogen and oxygen atoms in total. The Labute approximate surface area is 118 Å². The van der Waals surface area contributed by atoms with Gasteiger partial charge in [-0.3, -0.25) is 4.79 Å². The lowest BCUT2D eigenvalue weighted by Gasteiger charge is -2.06. The molecule has 1 amide bonds. The summed E-state index contributed by atoms with van der Waals surface area (Å²) in [7, 11) is 0. The largest absolute Gasteiger partial charge is 0.456 e. The number of hydrogen-bond donors (Lipinski definition) is 1. The molecular formula is C16H18N2O2. The van der Waals surface area contributed by atoms with Crippen molar-refractivity contribution in [3.8, 4) is 0 Å². The van der Waals surface area contributed by atoms with E-state index in [0.717, 1.165) is 16.8 Å². The fourth-order valence-corrected chi connectivity index (χ4v) is 2.03. The molecule has 4 heteroatoms. The van der Waals surface area contributed by atoms with E-state index >= 15 is 0 Å². The number of nitrogens with one attached hydrogen (secondary N) is 1. The molecule has 0 aliphatic carbocycles. The Bertz CT molecular complexity index is 669. The van der Waals surface area contributed by atoms with Crippen molar-refractivity contribution >= 4 is 11.6 Å². The van der Waals surface area contributed by atoms with Crippen LogP contribution in [0.25, 0.3) is 0 Å². The van der Waals surface area contributed by atoms with Gasteiger partial charge >= 0.3 is 5.91 Å². The number of hydrazone groups is 1. The van der Waals surface area contributed by atoms with Crippen molar-refractivity contribution in [1.29, 1.82) is 0 Å². The molecule has 0 bridgehead atoms. The maximum Gasteiger partial charge on any atom is 0.307 e. The Hall–Kier alpha value is -2.36. The van der Waals surface area contributed by atoms with Gasteiger partial charge in [0.15, 0.2) is 5.76 Å². The van der Waals surface area contributed by atoms with Gasteiger partial charge < -0.3 is 4.42 Å². The van der Waals surface area contributed by atoms with Crippen molar-refractivity contribution in [2.24, 2.45) is 5.10 Å².